The molecule has 97 valence electrons. The molecule has 4 nitrogen and oxygen atoms in total. The predicted octanol–water partition coefficient (Wildman–Crippen LogP) is 1.60. The molecule has 0 atom stereocenters. The summed E-state index contributed by atoms with van der Waals surface area (Å²) >= 11 is 0. The van der Waals surface area contributed by atoms with Gasteiger partial charge in [-0.1, -0.05) is 24.3 Å². The average molecular weight is 255 g/mol. The molecule has 4 N–H and O–H groups in total. The number of benzene rings is 2. The van der Waals surface area contributed by atoms with Gasteiger partial charge in [-0.25, -0.2) is 0 Å². The Morgan fingerprint density at radius 3 is 1.37 bits per heavy atom. The van der Waals surface area contributed by atoms with Crippen molar-refractivity contribution in [3.63, 3.8) is 0 Å². The quantitative estimate of drug-likeness (QED) is 0.769. The van der Waals surface area contributed by atoms with Gasteiger partial charge in [-0.05, 0) is 35.4 Å². The van der Waals surface area contributed by atoms with Gasteiger partial charge in [-0.3, -0.25) is 0 Å². The van der Waals surface area contributed by atoms with Crippen molar-refractivity contribution in [1.29, 1.82) is 0 Å². The summed E-state index contributed by atoms with van der Waals surface area (Å²) in [5, 5.41) is 0. The van der Waals surface area contributed by atoms with Crippen molar-refractivity contribution in [1.82, 2.24) is 0 Å². The van der Waals surface area contributed by atoms with E-state index >= 15 is 0 Å². The van der Waals surface area contributed by atoms with E-state index in [1.165, 1.54) is 7.69 Å². The SMILES string of the molecule is NCc1ccc(O[B]Oc2ccc(CN)cc2)cc1. The smallest absolute Gasteiger partial charge is 0.526 e. The molecule has 0 saturated carbocycles. The van der Waals surface area contributed by atoms with Gasteiger partial charge >= 0.3 is 7.69 Å². The molecule has 0 heterocycles. The van der Waals surface area contributed by atoms with Crippen LogP contribution in [-0.4, -0.2) is 7.69 Å². The first-order chi connectivity index (χ1) is 9.31. The summed E-state index contributed by atoms with van der Waals surface area (Å²) in [5.74, 6) is 1.41. The van der Waals surface area contributed by atoms with Gasteiger partial charge in [-0.15, -0.1) is 0 Å². The van der Waals surface area contributed by atoms with Gasteiger partial charge in [0.1, 0.15) is 11.5 Å². The van der Waals surface area contributed by atoms with E-state index in [1.807, 2.05) is 48.5 Å². The van der Waals surface area contributed by atoms with Crippen LogP contribution in [0.1, 0.15) is 11.1 Å². The second-order valence-corrected chi connectivity index (χ2v) is 4.03. The molecule has 0 saturated heterocycles. The summed E-state index contributed by atoms with van der Waals surface area (Å²) < 4.78 is 10.7. The van der Waals surface area contributed by atoms with Gasteiger partial charge in [0, 0.05) is 13.1 Å². The highest BCUT2D eigenvalue weighted by molar-refractivity contribution is 6.20. The third-order valence-corrected chi connectivity index (χ3v) is 2.69. The minimum absolute atomic E-state index is 0.522. The maximum Gasteiger partial charge on any atom is 0.658 e. The van der Waals surface area contributed by atoms with Crippen LogP contribution in [0.2, 0.25) is 0 Å². The Morgan fingerprint density at radius 2 is 1.05 bits per heavy atom. The highest BCUT2D eigenvalue weighted by atomic mass is 16.6. The molecule has 1 radical (unpaired) electrons. The molecule has 0 aliphatic heterocycles. The number of hydrogen-bond acceptors (Lipinski definition) is 4. The number of hydrogen-bond donors (Lipinski definition) is 2. The molecular weight excluding hydrogens is 239 g/mol. The van der Waals surface area contributed by atoms with Gasteiger partial charge in [0.15, 0.2) is 0 Å². The Morgan fingerprint density at radius 1 is 0.684 bits per heavy atom. The van der Waals surface area contributed by atoms with Gasteiger partial charge in [-0.2, -0.15) is 0 Å². The van der Waals surface area contributed by atoms with E-state index in [1.54, 1.807) is 0 Å². The molecule has 5 heteroatoms. The second kappa shape index (κ2) is 6.82. The fourth-order valence-electron chi connectivity index (χ4n) is 1.54. The van der Waals surface area contributed by atoms with Crippen molar-refractivity contribution in [2.24, 2.45) is 11.5 Å². The normalized spacial score (nSPS) is 10.0. The van der Waals surface area contributed by atoms with Gasteiger partial charge in [0.2, 0.25) is 0 Å². The molecule has 2 aromatic carbocycles. The minimum Gasteiger partial charge on any atom is -0.526 e. The van der Waals surface area contributed by atoms with E-state index < -0.39 is 0 Å². The van der Waals surface area contributed by atoms with Crippen molar-refractivity contribution >= 4 is 7.69 Å². The first-order valence-corrected chi connectivity index (χ1v) is 6.05. The molecule has 0 amide bonds. The van der Waals surface area contributed by atoms with Crippen LogP contribution in [0.25, 0.3) is 0 Å². The molecule has 0 aromatic heterocycles. The summed E-state index contributed by atoms with van der Waals surface area (Å²) in [6.07, 6.45) is 0. The van der Waals surface area contributed by atoms with E-state index in [4.69, 9.17) is 20.8 Å². The Hall–Kier alpha value is -1.98. The lowest BCUT2D eigenvalue weighted by atomic mass is 10.2. The Bertz CT molecular complexity index is 452. The van der Waals surface area contributed by atoms with Crippen molar-refractivity contribution in [3.05, 3.63) is 59.7 Å². The Kier molecular flexibility index (Phi) is 4.83. The average Bonchev–Trinajstić information content (AvgIpc) is 2.49. The molecule has 0 fully saturated rings. The fourth-order valence-corrected chi connectivity index (χ4v) is 1.54. The minimum atomic E-state index is 0.522. The van der Waals surface area contributed by atoms with Crippen LogP contribution >= 0.6 is 0 Å². The monoisotopic (exact) mass is 255 g/mol. The zero-order valence-corrected chi connectivity index (χ0v) is 10.6. The van der Waals surface area contributed by atoms with Crippen LogP contribution in [0.5, 0.6) is 11.5 Å². The first-order valence-electron chi connectivity index (χ1n) is 6.05. The maximum absolute atomic E-state index is 5.52. The topological polar surface area (TPSA) is 70.5 Å². The predicted molar refractivity (Wildman–Crippen MR) is 75.7 cm³/mol. The van der Waals surface area contributed by atoms with Crippen molar-refractivity contribution in [2.45, 2.75) is 13.1 Å². The summed E-state index contributed by atoms with van der Waals surface area (Å²) in [6, 6.07) is 15.1. The lowest BCUT2D eigenvalue weighted by Gasteiger charge is -2.07. The fraction of sp³-hybridized carbons (Fsp3) is 0.143. The van der Waals surface area contributed by atoms with E-state index in [9.17, 15) is 0 Å². The molecular formula is C14H16BN2O2. The standard InChI is InChI=1S/C14H16BN2O2/c16-9-11-1-5-13(6-2-11)18-15-19-14-7-3-12(10-17)4-8-14/h1-8H,9-10,16-17H2. The van der Waals surface area contributed by atoms with E-state index in [2.05, 4.69) is 0 Å². The second-order valence-electron chi connectivity index (χ2n) is 4.03. The summed E-state index contributed by atoms with van der Waals surface area (Å²) in [4.78, 5) is 0. The maximum atomic E-state index is 5.52. The summed E-state index contributed by atoms with van der Waals surface area (Å²) in [6.45, 7) is 1.04. The van der Waals surface area contributed by atoms with Crippen LogP contribution < -0.4 is 20.8 Å². The third-order valence-electron chi connectivity index (χ3n) is 2.69. The molecule has 0 aliphatic carbocycles. The van der Waals surface area contributed by atoms with Crippen molar-refractivity contribution < 1.29 is 9.31 Å². The molecule has 0 aliphatic rings. The Labute approximate surface area is 113 Å². The van der Waals surface area contributed by atoms with E-state index in [0.29, 0.717) is 24.6 Å². The van der Waals surface area contributed by atoms with Crippen LogP contribution in [-0.2, 0) is 13.1 Å². The van der Waals surface area contributed by atoms with Gasteiger partial charge in [0.05, 0.1) is 0 Å². The van der Waals surface area contributed by atoms with E-state index in [0.717, 1.165) is 11.1 Å². The molecule has 0 unspecified atom stereocenters. The third kappa shape index (κ3) is 4.01. The molecule has 19 heavy (non-hydrogen) atoms. The zero-order chi connectivity index (χ0) is 13.5. The highest BCUT2D eigenvalue weighted by Gasteiger charge is 2.01. The number of nitrogens with two attached hydrogens (primary N) is 2. The van der Waals surface area contributed by atoms with Crippen LogP contribution in [0.3, 0.4) is 0 Å². The zero-order valence-electron chi connectivity index (χ0n) is 10.6. The summed E-state index contributed by atoms with van der Waals surface area (Å²) in [5.41, 5.74) is 13.2. The van der Waals surface area contributed by atoms with Crippen LogP contribution in [0.4, 0.5) is 0 Å². The molecule has 2 aromatic rings. The summed E-state index contributed by atoms with van der Waals surface area (Å²) in [7, 11) is 1.30. The highest BCUT2D eigenvalue weighted by Crippen LogP contribution is 2.14. The molecule has 0 spiro atoms. The number of rotatable bonds is 6. The van der Waals surface area contributed by atoms with E-state index in [-0.39, 0.29) is 0 Å². The lowest BCUT2D eigenvalue weighted by Crippen LogP contribution is -2.11. The molecule has 0 bridgehead atoms. The largest absolute Gasteiger partial charge is 0.658 e. The lowest BCUT2D eigenvalue weighted by molar-refractivity contribution is 0.459. The van der Waals surface area contributed by atoms with Crippen LogP contribution in [0, 0.1) is 0 Å². The first kappa shape index (κ1) is 13.5. The molecule has 2 rings (SSSR count). The Balaban J connectivity index is 1.81. The van der Waals surface area contributed by atoms with Crippen LogP contribution in [0.15, 0.2) is 48.5 Å². The van der Waals surface area contributed by atoms with Crippen molar-refractivity contribution in [2.75, 3.05) is 0 Å². The van der Waals surface area contributed by atoms with Gasteiger partial charge in [0.25, 0.3) is 0 Å². The van der Waals surface area contributed by atoms with Crippen molar-refractivity contribution in [3.8, 4) is 11.5 Å². The van der Waals surface area contributed by atoms with Gasteiger partial charge < -0.3 is 20.8 Å².